The minimum Gasteiger partial charge on any atom is -0.478 e. The summed E-state index contributed by atoms with van der Waals surface area (Å²) < 4.78 is 5.34. The van der Waals surface area contributed by atoms with Gasteiger partial charge in [-0.15, -0.1) is 0 Å². The van der Waals surface area contributed by atoms with E-state index in [4.69, 9.17) is 4.74 Å². The lowest BCUT2D eigenvalue weighted by atomic mass is 10.2. The Morgan fingerprint density at radius 1 is 1.40 bits per heavy atom. The zero-order valence-electron chi connectivity index (χ0n) is 8.60. The van der Waals surface area contributed by atoms with E-state index in [1.807, 2.05) is 25.1 Å². The second-order valence-electron chi connectivity index (χ2n) is 3.05. The SMILES string of the molecule is C=Cc1ccnc2ccc(OCC)nc12. The first-order chi connectivity index (χ1) is 7.35. The van der Waals surface area contributed by atoms with E-state index in [1.165, 1.54) is 0 Å². The van der Waals surface area contributed by atoms with Crippen molar-refractivity contribution in [2.24, 2.45) is 0 Å². The van der Waals surface area contributed by atoms with Crippen LogP contribution in [0.3, 0.4) is 0 Å². The van der Waals surface area contributed by atoms with Crippen LogP contribution in [0.1, 0.15) is 12.5 Å². The van der Waals surface area contributed by atoms with E-state index < -0.39 is 0 Å². The number of hydrogen-bond donors (Lipinski definition) is 0. The van der Waals surface area contributed by atoms with Crippen LogP contribution in [-0.4, -0.2) is 16.6 Å². The van der Waals surface area contributed by atoms with Gasteiger partial charge in [-0.05, 0) is 19.1 Å². The molecular formula is C12H12N2O. The predicted octanol–water partition coefficient (Wildman–Crippen LogP) is 2.67. The maximum Gasteiger partial charge on any atom is 0.213 e. The molecule has 0 aliphatic rings. The lowest BCUT2D eigenvalue weighted by molar-refractivity contribution is 0.328. The summed E-state index contributed by atoms with van der Waals surface area (Å²) in [5, 5.41) is 0. The molecule has 0 aliphatic heterocycles. The van der Waals surface area contributed by atoms with Crippen LogP contribution in [0.2, 0.25) is 0 Å². The standard InChI is InChI=1S/C12H12N2O/c1-3-9-7-8-13-10-5-6-11(15-4-2)14-12(9)10/h3,5-8H,1,4H2,2H3. The molecule has 0 bridgehead atoms. The van der Waals surface area contributed by atoms with Gasteiger partial charge in [-0.25, -0.2) is 4.98 Å². The summed E-state index contributed by atoms with van der Waals surface area (Å²) in [7, 11) is 0. The Kier molecular flexibility index (Phi) is 2.63. The highest BCUT2D eigenvalue weighted by molar-refractivity contribution is 5.83. The number of rotatable bonds is 3. The van der Waals surface area contributed by atoms with E-state index in [1.54, 1.807) is 12.3 Å². The number of ether oxygens (including phenoxy) is 1. The van der Waals surface area contributed by atoms with Crippen LogP contribution in [0.25, 0.3) is 17.1 Å². The quantitative estimate of drug-likeness (QED) is 0.764. The molecule has 0 aromatic carbocycles. The molecule has 15 heavy (non-hydrogen) atoms. The molecule has 76 valence electrons. The van der Waals surface area contributed by atoms with Crippen molar-refractivity contribution in [1.29, 1.82) is 0 Å². The summed E-state index contributed by atoms with van der Waals surface area (Å²) in [4.78, 5) is 8.60. The molecule has 2 aromatic heterocycles. The molecule has 0 radical (unpaired) electrons. The van der Waals surface area contributed by atoms with Gasteiger partial charge in [0, 0.05) is 17.8 Å². The maximum atomic E-state index is 5.34. The van der Waals surface area contributed by atoms with Crippen molar-refractivity contribution >= 4 is 17.1 Å². The van der Waals surface area contributed by atoms with Gasteiger partial charge >= 0.3 is 0 Å². The lowest BCUT2D eigenvalue weighted by Gasteiger charge is -2.04. The second-order valence-corrected chi connectivity index (χ2v) is 3.05. The van der Waals surface area contributed by atoms with Crippen molar-refractivity contribution in [2.75, 3.05) is 6.61 Å². The number of aromatic nitrogens is 2. The summed E-state index contributed by atoms with van der Waals surface area (Å²) in [6, 6.07) is 5.62. The van der Waals surface area contributed by atoms with Gasteiger partial charge in [0.1, 0.15) is 0 Å². The topological polar surface area (TPSA) is 35.0 Å². The van der Waals surface area contributed by atoms with Crippen LogP contribution in [0.15, 0.2) is 31.0 Å². The molecule has 2 aromatic rings. The Morgan fingerprint density at radius 2 is 2.27 bits per heavy atom. The molecule has 3 heteroatoms. The van der Waals surface area contributed by atoms with Crippen molar-refractivity contribution in [2.45, 2.75) is 6.92 Å². The number of pyridine rings is 2. The average Bonchev–Trinajstić information content (AvgIpc) is 2.28. The minimum atomic E-state index is 0.613. The largest absolute Gasteiger partial charge is 0.478 e. The highest BCUT2D eigenvalue weighted by Gasteiger charge is 2.02. The van der Waals surface area contributed by atoms with Gasteiger partial charge in [0.2, 0.25) is 5.88 Å². The Balaban J connectivity index is 2.61. The van der Waals surface area contributed by atoms with Crippen LogP contribution < -0.4 is 4.74 Å². The molecule has 0 amide bonds. The van der Waals surface area contributed by atoms with E-state index in [0.29, 0.717) is 12.5 Å². The second kappa shape index (κ2) is 4.09. The summed E-state index contributed by atoms with van der Waals surface area (Å²) in [5.41, 5.74) is 2.66. The summed E-state index contributed by atoms with van der Waals surface area (Å²) in [6.45, 7) is 6.30. The number of nitrogens with zero attached hydrogens (tertiary/aromatic N) is 2. The monoisotopic (exact) mass is 200 g/mol. The fourth-order valence-electron chi connectivity index (χ4n) is 1.42. The van der Waals surface area contributed by atoms with Gasteiger partial charge in [-0.1, -0.05) is 12.7 Å². The zero-order valence-corrected chi connectivity index (χ0v) is 8.60. The highest BCUT2D eigenvalue weighted by Crippen LogP contribution is 2.18. The molecule has 0 fully saturated rings. The first-order valence-electron chi connectivity index (χ1n) is 4.86. The van der Waals surface area contributed by atoms with E-state index in [9.17, 15) is 0 Å². The lowest BCUT2D eigenvalue weighted by Crippen LogP contribution is -1.95. The van der Waals surface area contributed by atoms with Crippen molar-refractivity contribution in [3.63, 3.8) is 0 Å². The average molecular weight is 200 g/mol. The van der Waals surface area contributed by atoms with Crippen molar-refractivity contribution in [3.05, 3.63) is 36.5 Å². The van der Waals surface area contributed by atoms with Crippen LogP contribution >= 0.6 is 0 Å². The Bertz CT molecular complexity index is 494. The first-order valence-corrected chi connectivity index (χ1v) is 4.86. The summed E-state index contributed by atoms with van der Waals surface area (Å²) in [5.74, 6) is 0.626. The Hall–Kier alpha value is -1.90. The van der Waals surface area contributed by atoms with E-state index >= 15 is 0 Å². The molecular weight excluding hydrogens is 188 g/mol. The van der Waals surface area contributed by atoms with Crippen LogP contribution in [0.5, 0.6) is 5.88 Å². The van der Waals surface area contributed by atoms with Gasteiger partial charge in [-0.3, -0.25) is 4.98 Å². The van der Waals surface area contributed by atoms with E-state index in [-0.39, 0.29) is 0 Å². The van der Waals surface area contributed by atoms with Crippen molar-refractivity contribution in [3.8, 4) is 5.88 Å². The summed E-state index contributed by atoms with van der Waals surface area (Å²) in [6.07, 6.45) is 3.52. The fraction of sp³-hybridized carbons (Fsp3) is 0.167. The smallest absolute Gasteiger partial charge is 0.213 e. The molecule has 2 rings (SSSR count). The molecule has 0 aliphatic carbocycles. The van der Waals surface area contributed by atoms with Gasteiger partial charge in [0.05, 0.1) is 17.6 Å². The minimum absolute atomic E-state index is 0.613. The molecule has 3 nitrogen and oxygen atoms in total. The third-order valence-electron chi connectivity index (χ3n) is 2.10. The molecule has 0 atom stereocenters. The van der Waals surface area contributed by atoms with Crippen LogP contribution in [0, 0.1) is 0 Å². The molecule has 2 heterocycles. The highest BCUT2D eigenvalue weighted by atomic mass is 16.5. The van der Waals surface area contributed by atoms with Gasteiger partial charge in [-0.2, -0.15) is 0 Å². The molecule has 0 N–H and O–H groups in total. The van der Waals surface area contributed by atoms with Gasteiger partial charge in [0.25, 0.3) is 0 Å². The van der Waals surface area contributed by atoms with Crippen LogP contribution in [0.4, 0.5) is 0 Å². The molecule has 0 saturated carbocycles. The molecule has 0 saturated heterocycles. The predicted molar refractivity (Wildman–Crippen MR) is 60.8 cm³/mol. The Labute approximate surface area is 88.4 Å². The van der Waals surface area contributed by atoms with Crippen LogP contribution in [-0.2, 0) is 0 Å². The zero-order chi connectivity index (χ0) is 10.7. The van der Waals surface area contributed by atoms with Gasteiger partial charge < -0.3 is 4.74 Å². The number of fused-ring (bicyclic) bond motifs is 1. The maximum absolute atomic E-state index is 5.34. The van der Waals surface area contributed by atoms with Crippen molar-refractivity contribution < 1.29 is 4.74 Å². The third kappa shape index (κ3) is 1.81. The molecule has 0 spiro atoms. The Morgan fingerprint density at radius 3 is 3.00 bits per heavy atom. The molecule has 0 unspecified atom stereocenters. The third-order valence-corrected chi connectivity index (χ3v) is 2.10. The normalized spacial score (nSPS) is 10.2. The fourth-order valence-corrected chi connectivity index (χ4v) is 1.42. The summed E-state index contributed by atoms with van der Waals surface area (Å²) >= 11 is 0. The van der Waals surface area contributed by atoms with E-state index in [2.05, 4.69) is 16.5 Å². The van der Waals surface area contributed by atoms with Crippen molar-refractivity contribution in [1.82, 2.24) is 9.97 Å². The number of hydrogen-bond acceptors (Lipinski definition) is 3. The van der Waals surface area contributed by atoms with E-state index in [0.717, 1.165) is 16.6 Å². The first kappa shape index (κ1) is 9.65. The van der Waals surface area contributed by atoms with Gasteiger partial charge in [0.15, 0.2) is 0 Å².